The molecule has 2 rings (SSSR count). The fraction of sp³-hybridized carbons (Fsp3) is 0.500. The molecule has 5 nitrogen and oxygen atoms in total. The molecule has 0 aliphatic carbocycles. The molecular formula is C12H18N4O. The van der Waals surface area contributed by atoms with Gasteiger partial charge in [0.15, 0.2) is 0 Å². The summed E-state index contributed by atoms with van der Waals surface area (Å²) in [6.45, 7) is 2.11. The van der Waals surface area contributed by atoms with Crippen LogP contribution in [0.4, 0.5) is 11.6 Å². The van der Waals surface area contributed by atoms with Gasteiger partial charge in [-0.3, -0.25) is 4.79 Å². The van der Waals surface area contributed by atoms with Gasteiger partial charge in [0.25, 0.3) is 0 Å². The van der Waals surface area contributed by atoms with E-state index in [1.807, 2.05) is 30.1 Å². The van der Waals surface area contributed by atoms with Gasteiger partial charge in [0.2, 0.25) is 5.91 Å². The smallest absolute Gasteiger partial charge is 0.241 e. The third-order valence-electron chi connectivity index (χ3n) is 2.88. The first-order valence-electron chi connectivity index (χ1n) is 5.96. The first-order chi connectivity index (χ1) is 8.29. The number of hydrogen-bond acceptors (Lipinski definition) is 4. The van der Waals surface area contributed by atoms with Crippen LogP contribution in [0.5, 0.6) is 0 Å². The molecule has 0 unspecified atom stereocenters. The Morgan fingerprint density at radius 3 is 2.76 bits per heavy atom. The monoisotopic (exact) mass is 234 g/mol. The highest BCUT2D eigenvalue weighted by molar-refractivity contribution is 5.80. The second kappa shape index (κ2) is 5.52. The first kappa shape index (κ1) is 11.7. The van der Waals surface area contributed by atoms with E-state index in [0.717, 1.165) is 37.6 Å². The SMILES string of the molecule is CNc1cccc(NCC(=O)N2CCCC2)n1. The lowest BCUT2D eigenvalue weighted by Gasteiger charge is -2.15. The Kier molecular flexibility index (Phi) is 3.80. The summed E-state index contributed by atoms with van der Waals surface area (Å²) >= 11 is 0. The molecule has 1 aliphatic heterocycles. The van der Waals surface area contributed by atoms with Crippen LogP contribution in [0.2, 0.25) is 0 Å². The quantitative estimate of drug-likeness (QED) is 0.820. The summed E-state index contributed by atoms with van der Waals surface area (Å²) < 4.78 is 0. The highest BCUT2D eigenvalue weighted by Gasteiger charge is 2.17. The summed E-state index contributed by atoms with van der Waals surface area (Å²) in [5.41, 5.74) is 0. The summed E-state index contributed by atoms with van der Waals surface area (Å²) in [6.07, 6.45) is 2.25. The lowest BCUT2D eigenvalue weighted by atomic mass is 10.4. The van der Waals surface area contributed by atoms with Crippen molar-refractivity contribution >= 4 is 17.5 Å². The molecule has 0 radical (unpaired) electrons. The first-order valence-corrected chi connectivity index (χ1v) is 5.96. The zero-order valence-corrected chi connectivity index (χ0v) is 10.1. The highest BCUT2D eigenvalue weighted by Crippen LogP contribution is 2.10. The number of carbonyl (C=O) groups excluding carboxylic acids is 1. The van der Waals surface area contributed by atoms with Crippen molar-refractivity contribution in [2.24, 2.45) is 0 Å². The molecule has 0 saturated carbocycles. The van der Waals surface area contributed by atoms with Crippen LogP contribution in [0.25, 0.3) is 0 Å². The molecule has 1 amide bonds. The van der Waals surface area contributed by atoms with Crippen molar-refractivity contribution in [3.8, 4) is 0 Å². The summed E-state index contributed by atoms with van der Waals surface area (Å²) in [6, 6.07) is 5.65. The molecule has 0 spiro atoms. The van der Waals surface area contributed by atoms with E-state index in [0.29, 0.717) is 6.54 Å². The number of amides is 1. The van der Waals surface area contributed by atoms with Crippen LogP contribution in [-0.2, 0) is 4.79 Å². The Bertz CT molecular complexity index is 388. The molecule has 1 saturated heterocycles. The minimum absolute atomic E-state index is 0.152. The van der Waals surface area contributed by atoms with Gasteiger partial charge in [-0.2, -0.15) is 0 Å². The van der Waals surface area contributed by atoms with E-state index in [9.17, 15) is 4.79 Å². The average molecular weight is 234 g/mol. The Morgan fingerprint density at radius 2 is 2.06 bits per heavy atom. The van der Waals surface area contributed by atoms with E-state index in [1.54, 1.807) is 0 Å². The van der Waals surface area contributed by atoms with Crippen LogP contribution in [0.3, 0.4) is 0 Å². The molecule has 92 valence electrons. The minimum Gasteiger partial charge on any atom is -0.373 e. The minimum atomic E-state index is 0.152. The molecule has 17 heavy (non-hydrogen) atoms. The maximum atomic E-state index is 11.8. The molecule has 0 bridgehead atoms. The van der Waals surface area contributed by atoms with Gasteiger partial charge in [-0.15, -0.1) is 0 Å². The molecule has 1 aromatic heterocycles. The molecule has 1 aromatic rings. The Balaban J connectivity index is 1.86. The Labute approximate surface area is 101 Å². The maximum Gasteiger partial charge on any atom is 0.241 e. The van der Waals surface area contributed by atoms with E-state index in [4.69, 9.17) is 0 Å². The summed E-state index contributed by atoms with van der Waals surface area (Å²) in [5.74, 6) is 1.67. The number of anilines is 2. The third-order valence-corrected chi connectivity index (χ3v) is 2.88. The molecular weight excluding hydrogens is 216 g/mol. The lowest BCUT2D eigenvalue weighted by Crippen LogP contribution is -2.33. The van der Waals surface area contributed by atoms with Crippen molar-refractivity contribution in [2.45, 2.75) is 12.8 Å². The Hall–Kier alpha value is -1.78. The largest absolute Gasteiger partial charge is 0.373 e. The molecule has 1 aliphatic rings. The number of hydrogen-bond donors (Lipinski definition) is 2. The van der Waals surface area contributed by atoms with Crippen molar-refractivity contribution < 1.29 is 4.79 Å². The third kappa shape index (κ3) is 3.09. The van der Waals surface area contributed by atoms with Gasteiger partial charge < -0.3 is 15.5 Å². The van der Waals surface area contributed by atoms with E-state index < -0.39 is 0 Å². The van der Waals surface area contributed by atoms with Gasteiger partial charge in [0.05, 0.1) is 6.54 Å². The number of pyridine rings is 1. The van der Waals surface area contributed by atoms with Crippen molar-refractivity contribution in [1.29, 1.82) is 0 Å². The number of rotatable bonds is 4. The van der Waals surface area contributed by atoms with E-state index in [2.05, 4.69) is 15.6 Å². The fourth-order valence-electron chi connectivity index (χ4n) is 1.92. The zero-order chi connectivity index (χ0) is 12.1. The van der Waals surface area contributed by atoms with Crippen LogP contribution in [0.1, 0.15) is 12.8 Å². The van der Waals surface area contributed by atoms with Crippen LogP contribution in [-0.4, -0.2) is 42.5 Å². The lowest BCUT2D eigenvalue weighted by molar-refractivity contribution is -0.128. The molecule has 0 aromatic carbocycles. The Morgan fingerprint density at radius 1 is 1.35 bits per heavy atom. The van der Waals surface area contributed by atoms with Crippen LogP contribution in [0, 0.1) is 0 Å². The predicted molar refractivity (Wildman–Crippen MR) is 68.1 cm³/mol. The average Bonchev–Trinajstić information content (AvgIpc) is 2.90. The summed E-state index contributed by atoms with van der Waals surface area (Å²) in [7, 11) is 1.82. The van der Waals surface area contributed by atoms with Gasteiger partial charge in [-0.25, -0.2) is 4.98 Å². The van der Waals surface area contributed by atoms with Crippen LogP contribution >= 0.6 is 0 Å². The number of carbonyl (C=O) groups is 1. The fourth-order valence-corrected chi connectivity index (χ4v) is 1.92. The standard InChI is InChI=1S/C12H18N4O/c1-13-10-5-4-6-11(15-10)14-9-12(17)16-7-2-3-8-16/h4-6H,2-3,7-9H2,1H3,(H2,13,14,15). The number of aromatic nitrogens is 1. The number of likely N-dealkylation sites (tertiary alicyclic amines) is 1. The van der Waals surface area contributed by atoms with Crippen LogP contribution < -0.4 is 10.6 Å². The van der Waals surface area contributed by atoms with Gasteiger partial charge in [-0.05, 0) is 25.0 Å². The second-order valence-corrected chi connectivity index (χ2v) is 4.10. The normalized spacial score (nSPS) is 14.8. The van der Waals surface area contributed by atoms with Gasteiger partial charge in [0, 0.05) is 20.1 Å². The summed E-state index contributed by atoms with van der Waals surface area (Å²) in [4.78, 5) is 18.0. The molecule has 0 atom stereocenters. The molecule has 5 heteroatoms. The van der Waals surface area contributed by atoms with E-state index in [1.165, 1.54) is 0 Å². The number of nitrogens with one attached hydrogen (secondary N) is 2. The molecule has 1 fully saturated rings. The highest BCUT2D eigenvalue weighted by atomic mass is 16.2. The van der Waals surface area contributed by atoms with E-state index in [-0.39, 0.29) is 5.91 Å². The number of nitrogens with zero attached hydrogens (tertiary/aromatic N) is 2. The molecule has 2 heterocycles. The van der Waals surface area contributed by atoms with Crippen LogP contribution in [0.15, 0.2) is 18.2 Å². The predicted octanol–water partition coefficient (Wildman–Crippen LogP) is 1.16. The second-order valence-electron chi connectivity index (χ2n) is 4.10. The van der Waals surface area contributed by atoms with Crippen molar-refractivity contribution in [3.05, 3.63) is 18.2 Å². The van der Waals surface area contributed by atoms with Gasteiger partial charge >= 0.3 is 0 Å². The van der Waals surface area contributed by atoms with E-state index >= 15 is 0 Å². The topological polar surface area (TPSA) is 57.3 Å². The maximum absolute atomic E-state index is 11.8. The zero-order valence-electron chi connectivity index (χ0n) is 10.1. The molecule has 2 N–H and O–H groups in total. The van der Waals surface area contributed by atoms with Crippen molar-refractivity contribution in [3.63, 3.8) is 0 Å². The summed E-state index contributed by atoms with van der Waals surface area (Å²) in [5, 5.41) is 6.02. The van der Waals surface area contributed by atoms with Crippen molar-refractivity contribution in [1.82, 2.24) is 9.88 Å². The van der Waals surface area contributed by atoms with Gasteiger partial charge in [-0.1, -0.05) is 6.07 Å². The van der Waals surface area contributed by atoms with Crippen molar-refractivity contribution in [2.75, 3.05) is 37.3 Å². The van der Waals surface area contributed by atoms with Gasteiger partial charge in [0.1, 0.15) is 11.6 Å².